The molecular formula is C10H20IN. The summed E-state index contributed by atoms with van der Waals surface area (Å²) in [5.74, 6) is 1.86. The third-order valence-corrected chi connectivity index (χ3v) is 3.88. The van der Waals surface area contributed by atoms with Crippen molar-refractivity contribution in [1.82, 2.24) is 3.53 Å². The maximum absolute atomic E-state index is 3.39. The van der Waals surface area contributed by atoms with Gasteiger partial charge in [0.25, 0.3) is 0 Å². The maximum atomic E-state index is 3.39. The van der Waals surface area contributed by atoms with Crippen LogP contribution >= 0.6 is 22.9 Å². The average molecular weight is 281 g/mol. The zero-order valence-electron chi connectivity index (χ0n) is 8.15. The first kappa shape index (κ1) is 10.8. The van der Waals surface area contributed by atoms with Crippen molar-refractivity contribution < 1.29 is 0 Å². The van der Waals surface area contributed by atoms with Crippen LogP contribution < -0.4 is 3.53 Å². The second-order valence-corrected chi connectivity index (χ2v) is 5.03. The summed E-state index contributed by atoms with van der Waals surface area (Å²) in [5, 5.41) is 0. The highest BCUT2D eigenvalue weighted by Gasteiger charge is 2.17. The van der Waals surface area contributed by atoms with Crippen LogP contribution in [-0.2, 0) is 0 Å². The fourth-order valence-corrected chi connectivity index (χ4v) is 2.59. The number of hydrogen-bond acceptors (Lipinski definition) is 1. The molecule has 0 amide bonds. The predicted molar refractivity (Wildman–Crippen MR) is 62.4 cm³/mol. The van der Waals surface area contributed by atoms with E-state index in [1.54, 1.807) is 0 Å². The van der Waals surface area contributed by atoms with Gasteiger partial charge < -0.3 is 0 Å². The molecule has 3 atom stereocenters. The summed E-state index contributed by atoms with van der Waals surface area (Å²) in [7, 11) is 0. The van der Waals surface area contributed by atoms with Gasteiger partial charge >= 0.3 is 0 Å². The largest absolute Gasteiger partial charge is 0.258 e. The van der Waals surface area contributed by atoms with E-state index in [2.05, 4.69) is 40.2 Å². The molecule has 0 aliphatic heterocycles. The van der Waals surface area contributed by atoms with E-state index in [-0.39, 0.29) is 0 Å². The predicted octanol–water partition coefficient (Wildman–Crippen LogP) is 3.53. The molecule has 1 aliphatic carbocycles. The molecule has 12 heavy (non-hydrogen) atoms. The van der Waals surface area contributed by atoms with Gasteiger partial charge in [0.1, 0.15) is 0 Å². The van der Waals surface area contributed by atoms with Crippen LogP contribution in [0.5, 0.6) is 0 Å². The van der Waals surface area contributed by atoms with Crippen LogP contribution in [0.25, 0.3) is 0 Å². The summed E-state index contributed by atoms with van der Waals surface area (Å²) in [4.78, 5) is 0. The first-order valence-electron chi connectivity index (χ1n) is 5.08. The average Bonchev–Trinajstić information content (AvgIpc) is 2.06. The van der Waals surface area contributed by atoms with Crippen molar-refractivity contribution in [3.05, 3.63) is 0 Å². The van der Waals surface area contributed by atoms with E-state index >= 15 is 0 Å². The molecule has 1 aliphatic rings. The smallest absolute Gasteiger partial charge is 0.0172 e. The Morgan fingerprint density at radius 2 is 1.58 bits per heavy atom. The number of nitrogens with one attached hydrogen (secondary N) is 1. The van der Waals surface area contributed by atoms with Crippen molar-refractivity contribution in [2.75, 3.05) is 0 Å². The quantitative estimate of drug-likeness (QED) is 0.572. The lowest BCUT2D eigenvalue weighted by Crippen LogP contribution is -2.25. The Hall–Kier alpha value is 0.690. The minimum absolute atomic E-state index is 0.767. The van der Waals surface area contributed by atoms with Crippen LogP contribution in [0.1, 0.15) is 46.0 Å². The molecule has 2 unspecified atom stereocenters. The first-order valence-corrected chi connectivity index (χ1v) is 6.16. The Labute approximate surface area is 90.2 Å². The molecule has 1 N–H and O–H groups in total. The maximum Gasteiger partial charge on any atom is 0.0172 e. The van der Waals surface area contributed by atoms with Crippen molar-refractivity contribution in [3.8, 4) is 0 Å². The molecule has 0 aromatic rings. The van der Waals surface area contributed by atoms with Crippen LogP contribution in [0, 0.1) is 11.8 Å². The molecule has 0 saturated heterocycles. The molecule has 1 saturated carbocycles. The fourth-order valence-electron chi connectivity index (χ4n) is 2.02. The second kappa shape index (κ2) is 5.43. The van der Waals surface area contributed by atoms with Gasteiger partial charge in [0.2, 0.25) is 0 Å². The first-order chi connectivity index (χ1) is 5.72. The molecule has 0 bridgehead atoms. The van der Waals surface area contributed by atoms with Crippen LogP contribution in [0.4, 0.5) is 0 Å². The fraction of sp³-hybridized carbons (Fsp3) is 1.00. The topological polar surface area (TPSA) is 12.0 Å². The van der Waals surface area contributed by atoms with Gasteiger partial charge in [0, 0.05) is 28.9 Å². The lowest BCUT2D eigenvalue weighted by molar-refractivity contribution is 0.312. The Kier molecular flexibility index (Phi) is 4.87. The van der Waals surface area contributed by atoms with Crippen LogP contribution in [-0.4, -0.2) is 6.04 Å². The molecule has 0 spiro atoms. The molecular weight excluding hydrogens is 261 g/mol. The van der Waals surface area contributed by atoms with Gasteiger partial charge in [-0.1, -0.05) is 26.7 Å². The lowest BCUT2D eigenvalue weighted by atomic mass is 9.85. The van der Waals surface area contributed by atoms with Gasteiger partial charge in [0.15, 0.2) is 0 Å². The van der Waals surface area contributed by atoms with Gasteiger partial charge in [-0.15, -0.1) is 0 Å². The van der Waals surface area contributed by atoms with Crippen LogP contribution in [0.3, 0.4) is 0 Å². The summed E-state index contributed by atoms with van der Waals surface area (Å²) in [6, 6.07) is 0.767. The van der Waals surface area contributed by atoms with Crippen molar-refractivity contribution in [2.45, 2.75) is 52.0 Å². The van der Waals surface area contributed by atoms with Gasteiger partial charge in [0.05, 0.1) is 0 Å². The van der Waals surface area contributed by atoms with E-state index in [0.29, 0.717) is 0 Å². The van der Waals surface area contributed by atoms with E-state index in [9.17, 15) is 0 Å². The number of halogens is 1. The van der Waals surface area contributed by atoms with E-state index in [4.69, 9.17) is 0 Å². The highest BCUT2D eigenvalue weighted by atomic mass is 127. The molecule has 0 aromatic carbocycles. The number of hydrogen-bond donors (Lipinski definition) is 1. The Morgan fingerprint density at radius 3 is 2.25 bits per heavy atom. The van der Waals surface area contributed by atoms with E-state index < -0.39 is 0 Å². The monoisotopic (exact) mass is 281 g/mol. The molecule has 1 nitrogen and oxygen atoms in total. The SMILES string of the molecule is CC1CC[C@@H](C)CCC(NI)C1. The van der Waals surface area contributed by atoms with Crippen molar-refractivity contribution in [3.63, 3.8) is 0 Å². The van der Waals surface area contributed by atoms with Gasteiger partial charge in [-0.3, -0.25) is 3.53 Å². The highest BCUT2D eigenvalue weighted by molar-refractivity contribution is 14.1. The summed E-state index contributed by atoms with van der Waals surface area (Å²) in [5.41, 5.74) is 0. The second-order valence-electron chi connectivity index (χ2n) is 4.41. The van der Waals surface area contributed by atoms with E-state index in [1.165, 1.54) is 32.1 Å². The molecule has 0 heterocycles. The number of rotatable bonds is 1. The standard InChI is InChI=1S/C10H20IN/c1-8-3-4-9(2)7-10(12-11)6-5-8/h8-10,12H,3-7H2,1-2H3/t8-,9?,10?/m1/s1. The van der Waals surface area contributed by atoms with Gasteiger partial charge in [-0.2, -0.15) is 0 Å². The Balaban J connectivity index is 2.37. The Bertz CT molecular complexity index is 127. The van der Waals surface area contributed by atoms with Crippen molar-refractivity contribution >= 4 is 22.9 Å². The van der Waals surface area contributed by atoms with E-state index in [1.807, 2.05) is 0 Å². The molecule has 0 aromatic heterocycles. The minimum atomic E-state index is 0.767. The summed E-state index contributed by atoms with van der Waals surface area (Å²) < 4.78 is 3.39. The van der Waals surface area contributed by atoms with E-state index in [0.717, 1.165) is 17.9 Å². The molecule has 2 heteroatoms. The third-order valence-electron chi connectivity index (χ3n) is 3.00. The van der Waals surface area contributed by atoms with Gasteiger partial charge in [-0.05, 0) is 31.1 Å². The Morgan fingerprint density at radius 1 is 1.00 bits per heavy atom. The van der Waals surface area contributed by atoms with Crippen molar-refractivity contribution in [1.29, 1.82) is 0 Å². The minimum Gasteiger partial charge on any atom is -0.258 e. The molecule has 0 radical (unpaired) electrons. The van der Waals surface area contributed by atoms with Crippen LogP contribution in [0.15, 0.2) is 0 Å². The molecule has 72 valence electrons. The summed E-state index contributed by atoms with van der Waals surface area (Å²) in [6.45, 7) is 4.78. The zero-order chi connectivity index (χ0) is 8.97. The van der Waals surface area contributed by atoms with Crippen molar-refractivity contribution in [2.24, 2.45) is 11.8 Å². The molecule has 1 rings (SSSR count). The van der Waals surface area contributed by atoms with Gasteiger partial charge in [-0.25, -0.2) is 0 Å². The van der Waals surface area contributed by atoms with Crippen LogP contribution in [0.2, 0.25) is 0 Å². The normalized spacial score (nSPS) is 38.8. The highest BCUT2D eigenvalue weighted by Crippen LogP contribution is 2.26. The molecule has 1 fully saturated rings. The summed E-state index contributed by atoms with van der Waals surface area (Å²) in [6.07, 6.45) is 7.02. The lowest BCUT2D eigenvalue weighted by Gasteiger charge is -2.25. The third kappa shape index (κ3) is 3.60. The summed E-state index contributed by atoms with van der Waals surface area (Å²) >= 11 is 2.30. The zero-order valence-corrected chi connectivity index (χ0v) is 10.3.